The van der Waals surface area contributed by atoms with E-state index < -0.39 is 0 Å². The van der Waals surface area contributed by atoms with E-state index in [1.807, 2.05) is 6.07 Å². The zero-order valence-corrected chi connectivity index (χ0v) is 14.0. The van der Waals surface area contributed by atoms with Crippen molar-refractivity contribution >= 4 is 11.5 Å². The second kappa shape index (κ2) is 6.48. The van der Waals surface area contributed by atoms with Crippen molar-refractivity contribution in [3.63, 3.8) is 0 Å². The summed E-state index contributed by atoms with van der Waals surface area (Å²) in [7, 11) is 2.15. The summed E-state index contributed by atoms with van der Waals surface area (Å²) in [6.45, 7) is 10.8. The molecule has 0 fully saturated rings. The Morgan fingerprint density at radius 2 is 2.05 bits per heavy atom. The fraction of sp³-hybridized carbons (Fsp3) is 0.588. The van der Waals surface area contributed by atoms with Crippen LogP contribution in [0.3, 0.4) is 0 Å². The van der Waals surface area contributed by atoms with Gasteiger partial charge in [-0.3, -0.25) is 0 Å². The summed E-state index contributed by atoms with van der Waals surface area (Å²) in [5, 5.41) is 3.51. The van der Waals surface area contributed by atoms with E-state index in [2.05, 4.69) is 67.7 Å². The van der Waals surface area contributed by atoms with Gasteiger partial charge in [0, 0.05) is 25.3 Å². The molecule has 2 rings (SSSR count). The Hall–Kier alpha value is -1.55. The number of nitrogens with zero attached hydrogens (tertiary/aromatic N) is 3. The molecule has 0 aromatic carbocycles. The number of pyridine rings is 1. The zero-order valence-electron chi connectivity index (χ0n) is 14.0. The van der Waals surface area contributed by atoms with Gasteiger partial charge in [0.05, 0.1) is 5.69 Å². The Balaban J connectivity index is 2.43. The van der Waals surface area contributed by atoms with E-state index in [0.717, 1.165) is 37.4 Å². The van der Waals surface area contributed by atoms with Crippen molar-refractivity contribution in [2.75, 3.05) is 18.5 Å². The molecule has 116 valence electrons. The molecule has 2 aromatic rings. The van der Waals surface area contributed by atoms with Crippen LogP contribution in [0.15, 0.2) is 24.4 Å². The SMILES string of the molecule is CCCNCc1c(N(C)C(C)(C)CC)nc2ccccn12. The number of nitrogens with one attached hydrogen (secondary N) is 1. The topological polar surface area (TPSA) is 32.6 Å². The van der Waals surface area contributed by atoms with E-state index in [0.29, 0.717) is 0 Å². The smallest absolute Gasteiger partial charge is 0.152 e. The first-order valence-electron chi connectivity index (χ1n) is 7.91. The number of anilines is 1. The Morgan fingerprint density at radius 3 is 2.71 bits per heavy atom. The van der Waals surface area contributed by atoms with E-state index in [4.69, 9.17) is 4.98 Å². The van der Waals surface area contributed by atoms with Gasteiger partial charge in [0.25, 0.3) is 0 Å². The fourth-order valence-corrected chi connectivity index (χ4v) is 2.37. The molecule has 0 unspecified atom stereocenters. The van der Waals surface area contributed by atoms with Crippen LogP contribution in [0.2, 0.25) is 0 Å². The number of hydrogen-bond acceptors (Lipinski definition) is 3. The lowest BCUT2D eigenvalue weighted by Crippen LogP contribution is -2.41. The van der Waals surface area contributed by atoms with Crippen LogP contribution in [0, 0.1) is 0 Å². The van der Waals surface area contributed by atoms with Gasteiger partial charge in [0.15, 0.2) is 5.82 Å². The fourth-order valence-electron chi connectivity index (χ4n) is 2.37. The van der Waals surface area contributed by atoms with Crippen LogP contribution in [0.25, 0.3) is 5.65 Å². The van der Waals surface area contributed by atoms with Crippen molar-refractivity contribution in [2.24, 2.45) is 0 Å². The Kier molecular flexibility index (Phi) is 4.88. The minimum absolute atomic E-state index is 0.0947. The van der Waals surface area contributed by atoms with Crippen LogP contribution in [0.4, 0.5) is 5.82 Å². The van der Waals surface area contributed by atoms with E-state index >= 15 is 0 Å². The Morgan fingerprint density at radius 1 is 1.29 bits per heavy atom. The molecule has 0 spiro atoms. The van der Waals surface area contributed by atoms with Gasteiger partial charge in [0.1, 0.15) is 5.65 Å². The minimum Gasteiger partial charge on any atom is -0.353 e. The molecule has 0 bridgehead atoms. The van der Waals surface area contributed by atoms with Crippen molar-refractivity contribution in [3.05, 3.63) is 30.1 Å². The van der Waals surface area contributed by atoms with Crippen LogP contribution >= 0.6 is 0 Å². The lowest BCUT2D eigenvalue weighted by molar-refractivity contribution is 0.466. The van der Waals surface area contributed by atoms with Crippen LogP contribution in [-0.4, -0.2) is 28.5 Å². The van der Waals surface area contributed by atoms with Gasteiger partial charge in [-0.1, -0.05) is 19.9 Å². The molecule has 2 heterocycles. The highest BCUT2D eigenvalue weighted by atomic mass is 15.3. The molecule has 0 aliphatic rings. The lowest BCUT2D eigenvalue weighted by atomic mass is 10.00. The first-order valence-corrected chi connectivity index (χ1v) is 7.91. The summed E-state index contributed by atoms with van der Waals surface area (Å²) in [6.07, 6.45) is 4.32. The number of hydrogen-bond donors (Lipinski definition) is 1. The Labute approximate surface area is 128 Å². The molecule has 4 heteroatoms. The van der Waals surface area contributed by atoms with Crippen LogP contribution in [0.5, 0.6) is 0 Å². The van der Waals surface area contributed by atoms with Gasteiger partial charge in [-0.15, -0.1) is 0 Å². The molecule has 0 saturated heterocycles. The molecule has 0 aliphatic heterocycles. The maximum Gasteiger partial charge on any atom is 0.152 e. The molecule has 2 aromatic heterocycles. The maximum absolute atomic E-state index is 4.85. The second-order valence-electron chi connectivity index (χ2n) is 6.21. The third-order valence-corrected chi connectivity index (χ3v) is 4.42. The van der Waals surface area contributed by atoms with Crippen LogP contribution in [-0.2, 0) is 6.54 Å². The van der Waals surface area contributed by atoms with Crippen LogP contribution in [0.1, 0.15) is 46.2 Å². The van der Waals surface area contributed by atoms with Gasteiger partial charge in [-0.05, 0) is 45.4 Å². The maximum atomic E-state index is 4.85. The third kappa shape index (κ3) is 3.21. The van der Waals surface area contributed by atoms with Crippen molar-refractivity contribution in [2.45, 2.75) is 52.6 Å². The summed E-state index contributed by atoms with van der Waals surface area (Å²) in [4.78, 5) is 7.16. The first kappa shape index (κ1) is 15.8. The highest BCUT2D eigenvalue weighted by Gasteiger charge is 2.26. The monoisotopic (exact) mass is 288 g/mol. The summed E-state index contributed by atoms with van der Waals surface area (Å²) < 4.78 is 2.19. The molecular weight excluding hydrogens is 260 g/mol. The largest absolute Gasteiger partial charge is 0.353 e. The first-order chi connectivity index (χ1) is 10.0. The van der Waals surface area contributed by atoms with Gasteiger partial charge in [-0.2, -0.15) is 0 Å². The zero-order chi connectivity index (χ0) is 15.5. The molecular formula is C17H28N4. The Bertz CT molecular complexity index is 585. The van der Waals surface area contributed by atoms with Gasteiger partial charge in [-0.25, -0.2) is 4.98 Å². The summed E-state index contributed by atoms with van der Waals surface area (Å²) in [5.41, 5.74) is 2.35. The summed E-state index contributed by atoms with van der Waals surface area (Å²) in [6, 6.07) is 6.17. The predicted molar refractivity (Wildman–Crippen MR) is 90.0 cm³/mol. The molecule has 1 N–H and O–H groups in total. The van der Waals surface area contributed by atoms with E-state index in [9.17, 15) is 0 Å². The molecule has 0 amide bonds. The molecule has 0 saturated carbocycles. The number of fused-ring (bicyclic) bond motifs is 1. The minimum atomic E-state index is 0.0947. The lowest BCUT2D eigenvalue weighted by Gasteiger charge is -2.35. The van der Waals surface area contributed by atoms with Crippen molar-refractivity contribution < 1.29 is 0 Å². The number of aromatic nitrogens is 2. The molecule has 0 radical (unpaired) electrons. The number of imidazole rings is 1. The number of rotatable bonds is 7. The molecule has 0 aliphatic carbocycles. The normalized spacial score (nSPS) is 12.0. The summed E-state index contributed by atoms with van der Waals surface area (Å²) >= 11 is 0. The van der Waals surface area contributed by atoms with Crippen molar-refractivity contribution in [1.29, 1.82) is 0 Å². The van der Waals surface area contributed by atoms with Gasteiger partial charge < -0.3 is 14.6 Å². The molecule has 4 nitrogen and oxygen atoms in total. The summed E-state index contributed by atoms with van der Waals surface area (Å²) in [5.74, 6) is 1.08. The van der Waals surface area contributed by atoms with Gasteiger partial charge in [0.2, 0.25) is 0 Å². The van der Waals surface area contributed by atoms with Crippen LogP contribution < -0.4 is 10.2 Å². The van der Waals surface area contributed by atoms with Crippen molar-refractivity contribution in [3.8, 4) is 0 Å². The highest BCUT2D eigenvalue weighted by Crippen LogP contribution is 2.28. The highest BCUT2D eigenvalue weighted by molar-refractivity contribution is 5.56. The second-order valence-corrected chi connectivity index (χ2v) is 6.21. The molecule has 21 heavy (non-hydrogen) atoms. The average molecular weight is 288 g/mol. The standard InChI is InChI=1S/C17H28N4/c1-6-11-18-13-14-16(20(5)17(3,4)7-2)19-15-10-8-9-12-21(14)15/h8-10,12,18H,6-7,11,13H2,1-5H3. The van der Waals surface area contributed by atoms with E-state index in [-0.39, 0.29) is 5.54 Å². The quantitative estimate of drug-likeness (QED) is 0.792. The van der Waals surface area contributed by atoms with E-state index in [1.165, 1.54) is 5.69 Å². The van der Waals surface area contributed by atoms with Crippen molar-refractivity contribution in [1.82, 2.24) is 14.7 Å². The average Bonchev–Trinajstić information content (AvgIpc) is 2.85. The van der Waals surface area contributed by atoms with Gasteiger partial charge >= 0.3 is 0 Å². The predicted octanol–water partition coefficient (Wildman–Crippen LogP) is 3.46. The third-order valence-electron chi connectivity index (χ3n) is 4.42. The van der Waals surface area contributed by atoms with E-state index in [1.54, 1.807) is 0 Å². The molecule has 0 atom stereocenters.